The van der Waals surface area contributed by atoms with E-state index in [1.807, 2.05) is 24.3 Å². The molecular weight excluding hydrogens is 189 g/mol. The number of fused-ring (bicyclic) bond motifs is 1. The summed E-state index contributed by atoms with van der Waals surface area (Å²) in [6.07, 6.45) is 1.37. The minimum atomic E-state index is -0.946. The molecule has 1 aromatic heterocycles. The molecule has 0 aliphatic carbocycles. The fourth-order valence-electron chi connectivity index (χ4n) is 1.19. The van der Waals surface area contributed by atoms with Crippen molar-refractivity contribution >= 4 is 46.4 Å². The Morgan fingerprint density at radius 1 is 1.29 bits per heavy atom. The van der Waals surface area contributed by atoms with E-state index in [1.54, 1.807) is 6.07 Å². The molecule has 0 aliphatic heterocycles. The van der Waals surface area contributed by atoms with Crippen LogP contribution >= 0.6 is 0 Å². The van der Waals surface area contributed by atoms with E-state index >= 15 is 0 Å². The standard InChI is InChI=1S/C10H7NO2.Na.H/c12-10(13)8-5-7-3-1-2-4-9(7)11-6-8;;/h1-6H,(H,12,13);;. The maximum atomic E-state index is 10.6. The van der Waals surface area contributed by atoms with Gasteiger partial charge < -0.3 is 5.11 Å². The normalized spacial score (nSPS) is 9.43. The van der Waals surface area contributed by atoms with Gasteiger partial charge in [-0.25, -0.2) is 4.79 Å². The van der Waals surface area contributed by atoms with Crippen LogP contribution in [0.3, 0.4) is 0 Å². The number of hydrogen-bond acceptors (Lipinski definition) is 2. The molecule has 0 atom stereocenters. The van der Waals surface area contributed by atoms with Crippen molar-refractivity contribution in [1.29, 1.82) is 0 Å². The number of rotatable bonds is 1. The monoisotopic (exact) mass is 197 g/mol. The molecule has 1 N–H and O–H groups in total. The summed E-state index contributed by atoms with van der Waals surface area (Å²) in [5.74, 6) is -0.946. The molecule has 4 heteroatoms. The first-order valence-electron chi connectivity index (χ1n) is 3.85. The zero-order chi connectivity index (χ0) is 9.26. The molecule has 14 heavy (non-hydrogen) atoms. The van der Waals surface area contributed by atoms with E-state index in [1.165, 1.54) is 6.20 Å². The third-order valence-corrected chi connectivity index (χ3v) is 1.84. The summed E-state index contributed by atoms with van der Waals surface area (Å²) in [7, 11) is 0. The summed E-state index contributed by atoms with van der Waals surface area (Å²) in [5.41, 5.74) is 1.03. The number of aromatic carboxylic acids is 1. The topological polar surface area (TPSA) is 50.2 Å². The van der Waals surface area contributed by atoms with Gasteiger partial charge in [-0.15, -0.1) is 0 Å². The van der Waals surface area contributed by atoms with Crippen molar-refractivity contribution in [3.05, 3.63) is 42.1 Å². The number of carbonyl (C=O) groups is 1. The van der Waals surface area contributed by atoms with Crippen LogP contribution in [0.5, 0.6) is 0 Å². The van der Waals surface area contributed by atoms with E-state index in [0.29, 0.717) is 0 Å². The van der Waals surface area contributed by atoms with Crippen LogP contribution in [0.15, 0.2) is 36.5 Å². The third-order valence-electron chi connectivity index (χ3n) is 1.84. The summed E-state index contributed by atoms with van der Waals surface area (Å²) < 4.78 is 0. The molecule has 0 saturated carbocycles. The van der Waals surface area contributed by atoms with E-state index < -0.39 is 5.97 Å². The van der Waals surface area contributed by atoms with Crippen LogP contribution in [-0.4, -0.2) is 45.6 Å². The summed E-state index contributed by atoms with van der Waals surface area (Å²) in [4.78, 5) is 14.6. The molecule has 0 saturated heterocycles. The number of nitrogens with zero attached hydrogens (tertiary/aromatic N) is 1. The van der Waals surface area contributed by atoms with Crippen molar-refractivity contribution in [2.24, 2.45) is 0 Å². The second-order valence-corrected chi connectivity index (χ2v) is 2.72. The third kappa shape index (κ3) is 2.12. The number of pyridine rings is 1. The SMILES string of the molecule is O=C(O)c1cnc2ccccc2c1.[NaH]. The van der Waals surface area contributed by atoms with E-state index in [4.69, 9.17) is 5.11 Å². The zero-order valence-corrected chi connectivity index (χ0v) is 6.77. The van der Waals surface area contributed by atoms with Gasteiger partial charge in [0.25, 0.3) is 0 Å². The van der Waals surface area contributed by atoms with E-state index in [2.05, 4.69) is 4.98 Å². The van der Waals surface area contributed by atoms with Gasteiger partial charge >= 0.3 is 35.5 Å². The van der Waals surface area contributed by atoms with Gasteiger partial charge in [0.15, 0.2) is 0 Å². The van der Waals surface area contributed by atoms with Gasteiger partial charge in [0, 0.05) is 11.6 Å². The van der Waals surface area contributed by atoms with Gasteiger partial charge in [-0.1, -0.05) is 18.2 Å². The maximum absolute atomic E-state index is 10.6. The Morgan fingerprint density at radius 3 is 2.71 bits per heavy atom. The van der Waals surface area contributed by atoms with Crippen LogP contribution < -0.4 is 0 Å². The van der Waals surface area contributed by atoms with Crippen LogP contribution in [0.25, 0.3) is 10.9 Å². The molecule has 0 spiro atoms. The van der Waals surface area contributed by atoms with Crippen LogP contribution in [0, 0.1) is 0 Å². The van der Waals surface area contributed by atoms with Gasteiger partial charge in [0.05, 0.1) is 11.1 Å². The second kappa shape index (κ2) is 4.55. The average molecular weight is 197 g/mol. The first-order valence-corrected chi connectivity index (χ1v) is 3.85. The van der Waals surface area contributed by atoms with Crippen molar-refractivity contribution in [3.8, 4) is 0 Å². The Hall–Kier alpha value is -0.900. The summed E-state index contributed by atoms with van der Waals surface area (Å²) >= 11 is 0. The molecule has 1 aromatic carbocycles. The molecule has 2 rings (SSSR count). The first-order chi connectivity index (χ1) is 6.27. The predicted molar refractivity (Wildman–Crippen MR) is 55.9 cm³/mol. The fraction of sp³-hybridized carbons (Fsp3) is 0. The molecular formula is C10H8NNaO2. The summed E-state index contributed by atoms with van der Waals surface area (Å²) in [5, 5.41) is 9.55. The van der Waals surface area contributed by atoms with E-state index in [9.17, 15) is 4.79 Å². The van der Waals surface area contributed by atoms with Crippen LogP contribution in [0.2, 0.25) is 0 Å². The van der Waals surface area contributed by atoms with Gasteiger partial charge in [-0.05, 0) is 12.1 Å². The summed E-state index contributed by atoms with van der Waals surface area (Å²) in [6.45, 7) is 0. The number of carboxylic acid groups (broad SMARTS) is 1. The van der Waals surface area contributed by atoms with Gasteiger partial charge in [0.1, 0.15) is 0 Å². The Labute approximate surface area is 103 Å². The van der Waals surface area contributed by atoms with Crippen LogP contribution in [0.4, 0.5) is 0 Å². The molecule has 0 unspecified atom stereocenters. The Kier molecular flexibility index (Phi) is 3.63. The van der Waals surface area contributed by atoms with Crippen molar-refractivity contribution in [2.75, 3.05) is 0 Å². The zero-order valence-electron chi connectivity index (χ0n) is 6.77. The number of benzene rings is 1. The first kappa shape index (κ1) is 11.2. The molecule has 0 aliphatic rings. The molecule has 3 nitrogen and oxygen atoms in total. The van der Waals surface area contributed by atoms with Crippen molar-refractivity contribution < 1.29 is 9.90 Å². The van der Waals surface area contributed by atoms with E-state index in [-0.39, 0.29) is 35.1 Å². The molecule has 0 amide bonds. The molecule has 2 aromatic rings. The number of para-hydroxylation sites is 1. The summed E-state index contributed by atoms with van der Waals surface area (Å²) in [6, 6.07) is 9.03. The Balaban J connectivity index is 0.000000980. The molecule has 0 radical (unpaired) electrons. The number of aromatic nitrogens is 1. The van der Waals surface area contributed by atoms with Crippen LogP contribution in [0.1, 0.15) is 10.4 Å². The van der Waals surface area contributed by atoms with E-state index in [0.717, 1.165) is 10.9 Å². The molecule has 66 valence electrons. The molecule has 0 fully saturated rings. The van der Waals surface area contributed by atoms with Gasteiger partial charge in [0.2, 0.25) is 0 Å². The van der Waals surface area contributed by atoms with Gasteiger partial charge in [-0.2, -0.15) is 0 Å². The number of hydrogen-bond donors (Lipinski definition) is 1. The molecule has 1 heterocycles. The Morgan fingerprint density at radius 2 is 2.00 bits per heavy atom. The second-order valence-electron chi connectivity index (χ2n) is 2.72. The van der Waals surface area contributed by atoms with Crippen molar-refractivity contribution in [2.45, 2.75) is 0 Å². The molecule has 0 bridgehead atoms. The Bertz CT molecular complexity index is 470. The van der Waals surface area contributed by atoms with Gasteiger partial charge in [-0.3, -0.25) is 4.98 Å². The predicted octanol–water partition coefficient (Wildman–Crippen LogP) is 1.28. The number of carboxylic acids is 1. The fourth-order valence-corrected chi connectivity index (χ4v) is 1.19. The average Bonchev–Trinajstić information content (AvgIpc) is 2.17. The van der Waals surface area contributed by atoms with Crippen molar-refractivity contribution in [3.63, 3.8) is 0 Å². The van der Waals surface area contributed by atoms with Crippen molar-refractivity contribution in [1.82, 2.24) is 4.98 Å². The minimum absolute atomic E-state index is 0. The van der Waals surface area contributed by atoms with Crippen LogP contribution in [-0.2, 0) is 0 Å². The quantitative estimate of drug-likeness (QED) is 0.700.